The lowest BCUT2D eigenvalue weighted by atomic mass is 10.2. The van der Waals surface area contributed by atoms with E-state index in [9.17, 15) is 0 Å². The second kappa shape index (κ2) is 7.68. The molecule has 0 amide bonds. The van der Waals surface area contributed by atoms with Crippen molar-refractivity contribution in [3.8, 4) is 0 Å². The highest BCUT2D eigenvalue weighted by Gasteiger charge is 2.20. The molecule has 0 spiro atoms. The summed E-state index contributed by atoms with van der Waals surface area (Å²) in [6.45, 7) is 7.16. The van der Waals surface area contributed by atoms with Crippen molar-refractivity contribution in [2.45, 2.75) is 18.6 Å². The van der Waals surface area contributed by atoms with Gasteiger partial charge in [0.05, 0.1) is 10.2 Å². The van der Waals surface area contributed by atoms with E-state index in [2.05, 4.69) is 51.0 Å². The van der Waals surface area contributed by atoms with Crippen LogP contribution in [-0.4, -0.2) is 51.8 Å². The number of aromatic nitrogens is 3. The zero-order valence-electron chi connectivity index (χ0n) is 14.3. The predicted molar refractivity (Wildman–Crippen MR) is 106 cm³/mol. The molecule has 0 bridgehead atoms. The highest BCUT2D eigenvalue weighted by atomic mass is 32.2. The second-order valence-corrected chi connectivity index (χ2v) is 8.27. The van der Waals surface area contributed by atoms with Crippen LogP contribution in [-0.2, 0) is 6.54 Å². The minimum atomic E-state index is 0.868. The first-order chi connectivity index (χ1) is 12.3. The van der Waals surface area contributed by atoms with Crippen LogP contribution in [0.2, 0.25) is 0 Å². The fourth-order valence-electron chi connectivity index (χ4n) is 2.98. The molecule has 1 aliphatic rings. The van der Waals surface area contributed by atoms with Gasteiger partial charge in [0.15, 0.2) is 10.3 Å². The lowest BCUT2D eigenvalue weighted by Gasteiger charge is -2.34. The summed E-state index contributed by atoms with van der Waals surface area (Å²) in [6.07, 6.45) is 3.93. The zero-order chi connectivity index (χ0) is 17.1. The van der Waals surface area contributed by atoms with Gasteiger partial charge in [-0.15, -0.1) is 0 Å². The minimum Gasteiger partial charge on any atom is -0.345 e. The smallest absolute Gasteiger partial charge is 0.187 e. The fraction of sp³-hybridized carbons (Fsp3) is 0.389. The standard InChI is InChI=1S/C18H21N5S2/c1-2-24-17-19-11-14(12-20-17)13-22-7-9-23(10-8-22)18-21-15-5-3-4-6-16(15)25-18/h3-6,11-12H,2,7-10,13H2,1H3. The molecule has 1 saturated heterocycles. The maximum Gasteiger partial charge on any atom is 0.187 e. The molecule has 0 saturated carbocycles. The van der Waals surface area contributed by atoms with Crippen molar-refractivity contribution in [3.05, 3.63) is 42.2 Å². The highest BCUT2D eigenvalue weighted by molar-refractivity contribution is 7.99. The molecule has 3 heterocycles. The van der Waals surface area contributed by atoms with E-state index in [1.807, 2.05) is 12.4 Å². The molecule has 0 N–H and O–H groups in total. The first-order valence-corrected chi connectivity index (χ1v) is 10.4. The van der Waals surface area contributed by atoms with Crippen LogP contribution < -0.4 is 4.90 Å². The summed E-state index contributed by atoms with van der Waals surface area (Å²) in [6, 6.07) is 8.37. The topological polar surface area (TPSA) is 45.2 Å². The van der Waals surface area contributed by atoms with Gasteiger partial charge >= 0.3 is 0 Å². The van der Waals surface area contributed by atoms with Crippen LogP contribution in [0.4, 0.5) is 5.13 Å². The third kappa shape index (κ3) is 3.94. The fourth-order valence-corrected chi connectivity index (χ4v) is 4.51. The number of hydrogen-bond acceptors (Lipinski definition) is 7. The number of para-hydroxylation sites is 1. The van der Waals surface area contributed by atoms with E-state index in [0.717, 1.165) is 54.3 Å². The predicted octanol–water partition coefficient (Wildman–Crippen LogP) is 3.52. The molecule has 130 valence electrons. The van der Waals surface area contributed by atoms with Crippen LogP contribution in [0.1, 0.15) is 12.5 Å². The number of thiazole rings is 1. The van der Waals surface area contributed by atoms with E-state index in [-0.39, 0.29) is 0 Å². The molecule has 3 aromatic rings. The number of benzene rings is 1. The Morgan fingerprint density at radius 3 is 2.56 bits per heavy atom. The number of hydrogen-bond donors (Lipinski definition) is 0. The van der Waals surface area contributed by atoms with Crippen molar-refractivity contribution in [3.63, 3.8) is 0 Å². The monoisotopic (exact) mass is 371 g/mol. The SMILES string of the molecule is CCSc1ncc(CN2CCN(c3nc4ccccc4s3)CC2)cn1. The van der Waals surface area contributed by atoms with Gasteiger partial charge in [-0.05, 0) is 17.9 Å². The van der Waals surface area contributed by atoms with Crippen molar-refractivity contribution < 1.29 is 0 Å². The maximum atomic E-state index is 4.78. The van der Waals surface area contributed by atoms with Gasteiger partial charge in [0, 0.05) is 50.7 Å². The summed E-state index contributed by atoms with van der Waals surface area (Å²) in [5, 5.41) is 2.01. The van der Waals surface area contributed by atoms with Crippen LogP contribution in [0.25, 0.3) is 10.2 Å². The molecule has 4 rings (SSSR count). The Bertz CT molecular complexity index is 792. The van der Waals surface area contributed by atoms with Crippen molar-refractivity contribution in [1.82, 2.24) is 19.9 Å². The number of piperazine rings is 1. The molecule has 0 atom stereocenters. The van der Waals surface area contributed by atoms with Gasteiger partial charge in [0.2, 0.25) is 0 Å². The van der Waals surface area contributed by atoms with Crippen LogP contribution in [0, 0.1) is 0 Å². The van der Waals surface area contributed by atoms with Crippen molar-refractivity contribution >= 4 is 38.4 Å². The molecule has 7 heteroatoms. The molecule has 0 unspecified atom stereocenters. The number of thioether (sulfide) groups is 1. The number of fused-ring (bicyclic) bond motifs is 1. The van der Waals surface area contributed by atoms with E-state index in [4.69, 9.17) is 4.98 Å². The van der Waals surface area contributed by atoms with Crippen molar-refractivity contribution in [1.29, 1.82) is 0 Å². The van der Waals surface area contributed by atoms with Crippen LogP contribution >= 0.6 is 23.1 Å². The van der Waals surface area contributed by atoms with Gasteiger partial charge < -0.3 is 4.90 Å². The molecule has 25 heavy (non-hydrogen) atoms. The minimum absolute atomic E-state index is 0.868. The Kier molecular flexibility index (Phi) is 5.14. The van der Waals surface area contributed by atoms with E-state index in [0.29, 0.717) is 0 Å². The molecule has 0 aliphatic carbocycles. The molecule has 1 fully saturated rings. The van der Waals surface area contributed by atoms with Crippen molar-refractivity contribution in [2.24, 2.45) is 0 Å². The summed E-state index contributed by atoms with van der Waals surface area (Å²) in [7, 11) is 0. The van der Waals surface area contributed by atoms with Gasteiger partial charge in [-0.2, -0.15) is 0 Å². The largest absolute Gasteiger partial charge is 0.345 e. The molecule has 1 aliphatic heterocycles. The van der Waals surface area contributed by atoms with E-state index in [1.165, 1.54) is 10.3 Å². The summed E-state index contributed by atoms with van der Waals surface area (Å²) < 4.78 is 1.27. The summed E-state index contributed by atoms with van der Waals surface area (Å²) in [4.78, 5) is 18.5. The Morgan fingerprint density at radius 2 is 1.84 bits per heavy atom. The van der Waals surface area contributed by atoms with Gasteiger partial charge in [-0.1, -0.05) is 42.2 Å². The maximum absolute atomic E-state index is 4.78. The first kappa shape index (κ1) is 16.8. The molecule has 5 nitrogen and oxygen atoms in total. The van der Waals surface area contributed by atoms with Crippen molar-refractivity contribution in [2.75, 3.05) is 36.8 Å². The number of rotatable bonds is 5. The lowest BCUT2D eigenvalue weighted by molar-refractivity contribution is 0.249. The Balaban J connectivity index is 1.34. The highest BCUT2D eigenvalue weighted by Crippen LogP contribution is 2.29. The molecule has 1 aromatic carbocycles. The summed E-state index contributed by atoms with van der Waals surface area (Å²) in [5.41, 5.74) is 2.29. The zero-order valence-corrected chi connectivity index (χ0v) is 15.9. The summed E-state index contributed by atoms with van der Waals surface area (Å²) in [5.74, 6) is 1.01. The third-order valence-electron chi connectivity index (χ3n) is 4.29. The number of nitrogens with zero attached hydrogens (tertiary/aromatic N) is 5. The Morgan fingerprint density at radius 1 is 1.08 bits per heavy atom. The van der Waals surface area contributed by atoms with Gasteiger partial charge in [0.1, 0.15) is 0 Å². The average molecular weight is 372 g/mol. The average Bonchev–Trinajstić information content (AvgIpc) is 3.08. The molecule has 2 aromatic heterocycles. The van der Waals surface area contributed by atoms with Gasteiger partial charge in [-0.25, -0.2) is 15.0 Å². The third-order valence-corrected chi connectivity index (χ3v) is 6.14. The second-order valence-electron chi connectivity index (χ2n) is 6.03. The van der Waals surface area contributed by atoms with E-state index < -0.39 is 0 Å². The molecular formula is C18H21N5S2. The van der Waals surface area contributed by atoms with Crippen LogP contribution in [0.5, 0.6) is 0 Å². The van der Waals surface area contributed by atoms with Crippen LogP contribution in [0.3, 0.4) is 0 Å². The molecular weight excluding hydrogens is 350 g/mol. The van der Waals surface area contributed by atoms with Gasteiger partial charge in [0.25, 0.3) is 0 Å². The van der Waals surface area contributed by atoms with E-state index >= 15 is 0 Å². The molecule has 0 radical (unpaired) electrons. The first-order valence-electron chi connectivity index (χ1n) is 8.58. The number of anilines is 1. The normalized spacial score (nSPS) is 15.8. The Labute approximate surface area is 156 Å². The van der Waals surface area contributed by atoms with E-state index in [1.54, 1.807) is 23.1 Å². The Hall–Kier alpha value is -1.70. The van der Waals surface area contributed by atoms with Gasteiger partial charge in [-0.3, -0.25) is 4.90 Å². The lowest BCUT2D eigenvalue weighted by Crippen LogP contribution is -2.45. The summed E-state index contributed by atoms with van der Waals surface area (Å²) >= 11 is 3.47. The quantitative estimate of drug-likeness (QED) is 0.505. The van der Waals surface area contributed by atoms with Crippen LogP contribution in [0.15, 0.2) is 41.8 Å².